The highest BCUT2D eigenvalue weighted by molar-refractivity contribution is 5.71. The zero-order chi connectivity index (χ0) is 15.4. The van der Waals surface area contributed by atoms with E-state index in [0.29, 0.717) is 0 Å². The van der Waals surface area contributed by atoms with Crippen LogP contribution in [0, 0.1) is 0 Å². The molecule has 0 saturated heterocycles. The molecule has 1 heterocycles. The Kier molecular flexibility index (Phi) is 4.89. The first kappa shape index (κ1) is 15.4. The minimum atomic E-state index is 0.177. The summed E-state index contributed by atoms with van der Waals surface area (Å²) in [4.78, 5) is 4.70. The van der Waals surface area contributed by atoms with Crippen LogP contribution in [-0.4, -0.2) is 15.7 Å². The molecule has 4 heteroatoms. The number of aromatic nitrogens is 2. The lowest BCUT2D eigenvalue weighted by Crippen LogP contribution is -2.06. The average molecular weight is 287 g/mol. The first-order chi connectivity index (χ1) is 10.1. The zero-order valence-corrected chi connectivity index (χ0v) is 13.4. The molecule has 0 aliphatic carbocycles. The highest BCUT2D eigenvalue weighted by Crippen LogP contribution is 2.28. The molecule has 1 aromatic carbocycles. The summed E-state index contributed by atoms with van der Waals surface area (Å²) >= 11 is 0. The molecule has 1 aromatic heterocycles. The van der Waals surface area contributed by atoms with E-state index in [9.17, 15) is 0 Å². The van der Waals surface area contributed by atoms with E-state index >= 15 is 0 Å². The summed E-state index contributed by atoms with van der Waals surface area (Å²) in [5, 5.41) is 0. The van der Waals surface area contributed by atoms with E-state index in [4.69, 9.17) is 15.5 Å². The quantitative estimate of drug-likeness (QED) is 0.877. The fraction of sp³-hybridized carbons (Fsp3) is 0.471. The Bertz CT molecular complexity index is 585. The van der Waals surface area contributed by atoms with Crippen molar-refractivity contribution in [3.8, 4) is 17.0 Å². The predicted molar refractivity (Wildman–Crippen MR) is 87.5 cm³/mol. The summed E-state index contributed by atoms with van der Waals surface area (Å²) in [6.07, 6.45) is 2.11. The molecule has 4 nitrogen and oxygen atoms in total. The molecule has 0 radical (unpaired) electrons. The van der Waals surface area contributed by atoms with E-state index < -0.39 is 0 Å². The number of nitrogen functional groups attached to an aromatic ring is 1. The maximum absolute atomic E-state index is 6.29. The topological polar surface area (TPSA) is 53.1 Å². The molecule has 21 heavy (non-hydrogen) atoms. The molecular weight excluding hydrogens is 262 g/mol. The smallest absolute Gasteiger partial charge is 0.131 e. The summed E-state index contributed by atoms with van der Waals surface area (Å²) < 4.78 is 7.79. The maximum Gasteiger partial charge on any atom is 0.131 e. The minimum Gasteiger partial charge on any atom is -0.491 e. The lowest BCUT2D eigenvalue weighted by Gasteiger charge is -2.10. The molecule has 0 saturated carbocycles. The third-order valence-corrected chi connectivity index (χ3v) is 3.35. The summed E-state index contributed by atoms with van der Waals surface area (Å²) in [7, 11) is 0. The van der Waals surface area contributed by atoms with Crippen molar-refractivity contribution in [1.29, 1.82) is 0 Å². The Balaban J connectivity index is 2.33. The number of anilines is 1. The number of rotatable bonds is 6. The van der Waals surface area contributed by atoms with Crippen molar-refractivity contribution >= 4 is 5.82 Å². The average Bonchev–Trinajstić information content (AvgIpc) is 2.77. The summed E-state index contributed by atoms with van der Waals surface area (Å²) in [5.74, 6) is 2.68. The monoisotopic (exact) mass is 287 g/mol. The van der Waals surface area contributed by atoms with Crippen LogP contribution in [0.15, 0.2) is 24.3 Å². The number of nitrogens with zero attached hydrogens (tertiary/aromatic N) is 2. The van der Waals surface area contributed by atoms with Gasteiger partial charge in [0.25, 0.3) is 0 Å². The van der Waals surface area contributed by atoms with Crippen LogP contribution in [0.1, 0.15) is 39.9 Å². The SMILES string of the molecule is CCCn1c(CC)nc(-c2ccc(OC(C)C)cc2)c1N. The second-order valence-corrected chi connectivity index (χ2v) is 5.46. The van der Waals surface area contributed by atoms with Crippen LogP contribution in [-0.2, 0) is 13.0 Å². The van der Waals surface area contributed by atoms with Gasteiger partial charge in [-0.15, -0.1) is 0 Å². The van der Waals surface area contributed by atoms with Crippen LogP contribution < -0.4 is 10.5 Å². The first-order valence-electron chi connectivity index (χ1n) is 7.68. The van der Waals surface area contributed by atoms with Crippen LogP contribution in [0.4, 0.5) is 5.82 Å². The van der Waals surface area contributed by atoms with E-state index in [1.54, 1.807) is 0 Å². The van der Waals surface area contributed by atoms with Gasteiger partial charge in [0, 0.05) is 18.5 Å². The number of aryl methyl sites for hydroxylation is 1. The van der Waals surface area contributed by atoms with Crippen molar-refractivity contribution in [2.75, 3.05) is 5.73 Å². The fourth-order valence-electron chi connectivity index (χ4n) is 2.43. The number of nitrogens with two attached hydrogens (primary N) is 1. The van der Waals surface area contributed by atoms with Crippen LogP contribution in [0.2, 0.25) is 0 Å². The molecule has 2 aromatic rings. The van der Waals surface area contributed by atoms with Gasteiger partial charge in [-0.05, 0) is 44.5 Å². The van der Waals surface area contributed by atoms with Crippen LogP contribution in [0.25, 0.3) is 11.3 Å². The van der Waals surface area contributed by atoms with E-state index in [2.05, 4.69) is 18.4 Å². The molecule has 0 amide bonds. The van der Waals surface area contributed by atoms with Gasteiger partial charge in [-0.25, -0.2) is 4.98 Å². The molecule has 0 aliphatic heterocycles. The second kappa shape index (κ2) is 6.66. The van der Waals surface area contributed by atoms with Gasteiger partial charge in [-0.2, -0.15) is 0 Å². The first-order valence-corrected chi connectivity index (χ1v) is 7.68. The highest BCUT2D eigenvalue weighted by atomic mass is 16.5. The van der Waals surface area contributed by atoms with Gasteiger partial charge in [0.15, 0.2) is 0 Å². The molecule has 0 spiro atoms. The van der Waals surface area contributed by atoms with Crippen molar-refractivity contribution in [2.45, 2.75) is 53.2 Å². The number of imidazole rings is 1. The molecule has 0 unspecified atom stereocenters. The highest BCUT2D eigenvalue weighted by Gasteiger charge is 2.14. The van der Waals surface area contributed by atoms with Gasteiger partial charge in [0.1, 0.15) is 23.1 Å². The molecule has 0 bridgehead atoms. The van der Waals surface area contributed by atoms with Crippen molar-refractivity contribution in [2.24, 2.45) is 0 Å². The van der Waals surface area contributed by atoms with Crippen molar-refractivity contribution in [1.82, 2.24) is 9.55 Å². The van der Waals surface area contributed by atoms with E-state index in [0.717, 1.165) is 48.0 Å². The molecule has 114 valence electrons. The maximum atomic E-state index is 6.29. The molecule has 2 rings (SSSR count). The summed E-state index contributed by atoms with van der Waals surface area (Å²) in [6, 6.07) is 7.98. The largest absolute Gasteiger partial charge is 0.491 e. The van der Waals surface area contributed by atoms with Gasteiger partial charge in [-0.1, -0.05) is 13.8 Å². The molecule has 0 atom stereocenters. The third kappa shape index (κ3) is 3.38. The van der Waals surface area contributed by atoms with E-state index in [1.807, 2.05) is 38.1 Å². The standard InChI is InChI=1S/C17H25N3O/c1-5-11-20-15(6-2)19-16(17(20)18)13-7-9-14(10-8-13)21-12(3)4/h7-10,12H,5-6,11,18H2,1-4H3. The Labute approximate surface area is 127 Å². The minimum absolute atomic E-state index is 0.177. The number of benzene rings is 1. The predicted octanol–water partition coefficient (Wildman–Crippen LogP) is 3.89. The number of hydrogen-bond donors (Lipinski definition) is 1. The second-order valence-electron chi connectivity index (χ2n) is 5.46. The van der Waals surface area contributed by atoms with E-state index in [-0.39, 0.29) is 6.10 Å². The number of hydrogen-bond acceptors (Lipinski definition) is 3. The van der Waals surface area contributed by atoms with Gasteiger partial charge >= 0.3 is 0 Å². The molecule has 0 aliphatic rings. The molecule has 2 N–H and O–H groups in total. The Morgan fingerprint density at radius 2 is 1.86 bits per heavy atom. The lowest BCUT2D eigenvalue weighted by molar-refractivity contribution is 0.242. The van der Waals surface area contributed by atoms with Crippen LogP contribution in [0.5, 0.6) is 5.75 Å². The fourth-order valence-corrected chi connectivity index (χ4v) is 2.43. The summed E-state index contributed by atoms with van der Waals surface area (Å²) in [5.41, 5.74) is 8.19. The number of ether oxygens (including phenoxy) is 1. The molecule has 0 fully saturated rings. The van der Waals surface area contributed by atoms with Crippen molar-refractivity contribution in [3.05, 3.63) is 30.1 Å². The van der Waals surface area contributed by atoms with Gasteiger partial charge in [-0.3, -0.25) is 0 Å². The van der Waals surface area contributed by atoms with Gasteiger partial charge < -0.3 is 15.0 Å². The van der Waals surface area contributed by atoms with Crippen LogP contribution >= 0.6 is 0 Å². The van der Waals surface area contributed by atoms with E-state index in [1.165, 1.54) is 0 Å². The Morgan fingerprint density at radius 3 is 2.38 bits per heavy atom. The summed E-state index contributed by atoms with van der Waals surface area (Å²) in [6.45, 7) is 9.21. The Hall–Kier alpha value is -1.97. The van der Waals surface area contributed by atoms with Gasteiger partial charge in [0.2, 0.25) is 0 Å². The third-order valence-electron chi connectivity index (χ3n) is 3.35. The Morgan fingerprint density at radius 1 is 1.19 bits per heavy atom. The van der Waals surface area contributed by atoms with Crippen LogP contribution in [0.3, 0.4) is 0 Å². The molecular formula is C17H25N3O. The lowest BCUT2D eigenvalue weighted by atomic mass is 10.1. The zero-order valence-electron chi connectivity index (χ0n) is 13.4. The van der Waals surface area contributed by atoms with Crippen molar-refractivity contribution < 1.29 is 4.74 Å². The normalized spacial score (nSPS) is 11.1. The van der Waals surface area contributed by atoms with Gasteiger partial charge in [0.05, 0.1) is 6.10 Å². The van der Waals surface area contributed by atoms with Crippen molar-refractivity contribution in [3.63, 3.8) is 0 Å².